The van der Waals surface area contributed by atoms with Gasteiger partial charge in [0.25, 0.3) is 0 Å². The van der Waals surface area contributed by atoms with Gasteiger partial charge in [-0.2, -0.15) is 0 Å². The molecule has 1 rings (SSSR count). The highest BCUT2D eigenvalue weighted by molar-refractivity contribution is 5.66. The van der Waals surface area contributed by atoms with Crippen LogP contribution in [0.4, 0.5) is 4.39 Å². The van der Waals surface area contributed by atoms with Crippen LogP contribution < -0.4 is 0 Å². The van der Waals surface area contributed by atoms with E-state index in [0.29, 0.717) is 5.56 Å². The summed E-state index contributed by atoms with van der Waals surface area (Å²) in [5.41, 5.74) is -0.913. The summed E-state index contributed by atoms with van der Waals surface area (Å²) in [6.07, 6.45) is -0.0880. The molecule has 0 aliphatic rings. The summed E-state index contributed by atoms with van der Waals surface area (Å²) >= 11 is 0. The van der Waals surface area contributed by atoms with Crippen LogP contribution in [0, 0.1) is 5.82 Å². The summed E-state index contributed by atoms with van der Waals surface area (Å²) < 4.78 is 12.9. The predicted molar refractivity (Wildman–Crippen MR) is 52.8 cm³/mol. The first kappa shape index (κ1) is 11.7. The number of carboxylic acid groups (broad SMARTS) is 1. The molecular weight excluding hydrogens is 199 g/mol. The van der Waals surface area contributed by atoms with Crippen molar-refractivity contribution in [2.24, 2.45) is 0 Å². The lowest BCUT2D eigenvalue weighted by molar-refractivity contribution is -0.138. The van der Waals surface area contributed by atoms with Crippen LogP contribution in [0.1, 0.15) is 25.3 Å². The molecule has 0 bridgehead atoms. The Morgan fingerprint density at radius 3 is 2.73 bits per heavy atom. The monoisotopic (exact) mass is 212 g/mol. The number of carbonyl (C=O) groups is 1. The standard InChI is InChI=1S/C11H13FO3/c1-11(15,6-5-10(13)14)8-3-2-4-9(12)7-8/h2-4,7,15H,5-6H2,1H3,(H,13,14). The lowest BCUT2D eigenvalue weighted by atomic mass is 9.91. The van der Waals surface area contributed by atoms with Crippen molar-refractivity contribution in [2.45, 2.75) is 25.4 Å². The van der Waals surface area contributed by atoms with E-state index in [9.17, 15) is 14.3 Å². The maximum Gasteiger partial charge on any atom is 0.303 e. The number of benzene rings is 1. The van der Waals surface area contributed by atoms with E-state index in [4.69, 9.17) is 5.11 Å². The Labute approximate surface area is 87.2 Å². The molecule has 0 saturated carbocycles. The third-order valence-corrected chi connectivity index (χ3v) is 2.27. The minimum Gasteiger partial charge on any atom is -0.481 e. The van der Waals surface area contributed by atoms with Crippen molar-refractivity contribution in [1.29, 1.82) is 0 Å². The van der Waals surface area contributed by atoms with Gasteiger partial charge in [-0.05, 0) is 31.0 Å². The molecule has 3 nitrogen and oxygen atoms in total. The second-order valence-electron chi connectivity index (χ2n) is 3.68. The average Bonchev–Trinajstić information content (AvgIpc) is 2.15. The summed E-state index contributed by atoms with van der Waals surface area (Å²) in [4.78, 5) is 10.4. The molecule has 2 N–H and O–H groups in total. The maximum atomic E-state index is 12.9. The highest BCUT2D eigenvalue weighted by Crippen LogP contribution is 2.26. The number of halogens is 1. The van der Waals surface area contributed by atoms with Crippen LogP contribution >= 0.6 is 0 Å². The molecule has 0 aliphatic heterocycles. The molecule has 1 aromatic rings. The Kier molecular flexibility index (Phi) is 3.42. The second-order valence-corrected chi connectivity index (χ2v) is 3.68. The molecule has 0 aliphatic carbocycles. The lowest BCUT2D eigenvalue weighted by Crippen LogP contribution is -2.22. The van der Waals surface area contributed by atoms with Crippen LogP contribution in [-0.4, -0.2) is 16.2 Å². The number of rotatable bonds is 4. The summed E-state index contributed by atoms with van der Waals surface area (Å²) in [6, 6.07) is 5.55. The van der Waals surface area contributed by atoms with Gasteiger partial charge in [-0.3, -0.25) is 4.79 Å². The third kappa shape index (κ3) is 3.32. The Hall–Kier alpha value is -1.42. The number of aliphatic hydroxyl groups is 1. The largest absolute Gasteiger partial charge is 0.481 e. The van der Waals surface area contributed by atoms with Gasteiger partial charge in [0.15, 0.2) is 0 Å². The van der Waals surface area contributed by atoms with Crippen molar-refractivity contribution in [3.8, 4) is 0 Å². The second kappa shape index (κ2) is 4.40. The zero-order valence-corrected chi connectivity index (χ0v) is 8.40. The van der Waals surface area contributed by atoms with Crippen LogP contribution in [0.25, 0.3) is 0 Å². The number of aliphatic carboxylic acids is 1. The van der Waals surface area contributed by atoms with Crippen LogP contribution in [0.15, 0.2) is 24.3 Å². The van der Waals surface area contributed by atoms with Gasteiger partial charge in [0.1, 0.15) is 5.82 Å². The van der Waals surface area contributed by atoms with Crippen molar-refractivity contribution in [3.05, 3.63) is 35.6 Å². The lowest BCUT2D eigenvalue weighted by Gasteiger charge is -2.22. The van der Waals surface area contributed by atoms with E-state index in [-0.39, 0.29) is 12.8 Å². The first-order valence-corrected chi connectivity index (χ1v) is 4.62. The quantitative estimate of drug-likeness (QED) is 0.801. The molecule has 0 aromatic heterocycles. The summed E-state index contributed by atoms with van der Waals surface area (Å²) in [7, 11) is 0. The fourth-order valence-corrected chi connectivity index (χ4v) is 1.32. The molecule has 0 spiro atoms. The molecule has 0 saturated heterocycles. The van der Waals surface area contributed by atoms with E-state index in [2.05, 4.69) is 0 Å². The SMILES string of the molecule is CC(O)(CCC(=O)O)c1cccc(F)c1. The van der Waals surface area contributed by atoms with Gasteiger partial charge in [0, 0.05) is 6.42 Å². The van der Waals surface area contributed by atoms with E-state index in [1.165, 1.54) is 25.1 Å². The summed E-state index contributed by atoms with van der Waals surface area (Å²) in [6.45, 7) is 1.48. The molecule has 1 unspecified atom stereocenters. The topological polar surface area (TPSA) is 57.5 Å². The molecule has 15 heavy (non-hydrogen) atoms. The van der Waals surface area contributed by atoms with Crippen LogP contribution in [-0.2, 0) is 10.4 Å². The predicted octanol–water partition coefficient (Wildman–Crippen LogP) is 1.90. The Balaban J connectivity index is 2.80. The van der Waals surface area contributed by atoms with Crippen LogP contribution in [0.3, 0.4) is 0 Å². The number of carboxylic acids is 1. The van der Waals surface area contributed by atoms with Gasteiger partial charge in [-0.1, -0.05) is 12.1 Å². The molecule has 0 fully saturated rings. The smallest absolute Gasteiger partial charge is 0.303 e. The van der Waals surface area contributed by atoms with Gasteiger partial charge in [-0.15, -0.1) is 0 Å². The highest BCUT2D eigenvalue weighted by Gasteiger charge is 2.24. The van der Waals surface area contributed by atoms with E-state index in [1.54, 1.807) is 6.07 Å². The van der Waals surface area contributed by atoms with Crippen molar-refractivity contribution in [1.82, 2.24) is 0 Å². The fraction of sp³-hybridized carbons (Fsp3) is 0.364. The Morgan fingerprint density at radius 1 is 1.53 bits per heavy atom. The van der Waals surface area contributed by atoms with E-state index < -0.39 is 17.4 Å². The fourth-order valence-electron chi connectivity index (χ4n) is 1.32. The van der Waals surface area contributed by atoms with Crippen molar-refractivity contribution in [2.75, 3.05) is 0 Å². The average molecular weight is 212 g/mol. The normalized spacial score (nSPS) is 14.6. The van der Waals surface area contributed by atoms with E-state index >= 15 is 0 Å². The van der Waals surface area contributed by atoms with Gasteiger partial charge in [0.05, 0.1) is 5.60 Å². The zero-order chi connectivity index (χ0) is 11.5. The van der Waals surface area contributed by atoms with E-state index in [1.807, 2.05) is 0 Å². The van der Waals surface area contributed by atoms with Crippen LogP contribution in [0.5, 0.6) is 0 Å². The van der Waals surface area contributed by atoms with Crippen molar-refractivity contribution >= 4 is 5.97 Å². The third-order valence-electron chi connectivity index (χ3n) is 2.27. The van der Waals surface area contributed by atoms with Crippen molar-refractivity contribution in [3.63, 3.8) is 0 Å². The Bertz CT molecular complexity index is 361. The molecule has 0 amide bonds. The van der Waals surface area contributed by atoms with Gasteiger partial charge in [-0.25, -0.2) is 4.39 Å². The first-order chi connectivity index (χ1) is 6.92. The molecule has 4 heteroatoms. The molecule has 0 heterocycles. The number of hydrogen-bond donors (Lipinski definition) is 2. The maximum absolute atomic E-state index is 12.9. The van der Waals surface area contributed by atoms with Gasteiger partial charge in [0.2, 0.25) is 0 Å². The molecule has 82 valence electrons. The van der Waals surface area contributed by atoms with Crippen LogP contribution in [0.2, 0.25) is 0 Å². The minimum atomic E-state index is -1.31. The summed E-state index contributed by atoms with van der Waals surface area (Å²) in [5, 5.41) is 18.4. The molecule has 0 radical (unpaired) electrons. The molecule has 1 atom stereocenters. The number of hydrogen-bond acceptors (Lipinski definition) is 2. The summed E-state index contributed by atoms with van der Waals surface area (Å²) in [5.74, 6) is -1.42. The highest BCUT2D eigenvalue weighted by atomic mass is 19.1. The van der Waals surface area contributed by atoms with Gasteiger partial charge < -0.3 is 10.2 Å². The minimum absolute atomic E-state index is 0.0613. The van der Waals surface area contributed by atoms with Crippen molar-refractivity contribution < 1.29 is 19.4 Å². The molecule has 1 aromatic carbocycles. The Morgan fingerprint density at radius 2 is 2.20 bits per heavy atom. The molecular formula is C11H13FO3. The zero-order valence-electron chi connectivity index (χ0n) is 8.40. The first-order valence-electron chi connectivity index (χ1n) is 4.62. The van der Waals surface area contributed by atoms with E-state index in [0.717, 1.165) is 0 Å². The van der Waals surface area contributed by atoms with Gasteiger partial charge >= 0.3 is 5.97 Å².